The van der Waals surface area contributed by atoms with Crippen LogP contribution in [0.1, 0.15) is 28.7 Å². The second-order valence-corrected chi connectivity index (χ2v) is 7.59. The number of halogens is 1. The fourth-order valence-electron chi connectivity index (χ4n) is 3.03. The highest BCUT2D eigenvalue weighted by Gasteiger charge is 2.17. The standard InChI is InChI=1S/C23H19FN4OS/c1-2-25-23(29)22-18(24)7-5-8-21(22)30-16-10-11-17-19(27-28-20(17)14-16)12-9-15-6-3-4-13-26-15/h3-14H,2H2,1H3,(H,25,29)(H,27,28)/b12-9+. The monoisotopic (exact) mass is 418 g/mol. The van der Waals surface area contributed by atoms with Crippen molar-refractivity contribution in [2.24, 2.45) is 0 Å². The Hall–Kier alpha value is -3.45. The number of fused-ring (bicyclic) bond motifs is 1. The third-order valence-electron chi connectivity index (χ3n) is 4.43. The predicted molar refractivity (Wildman–Crippen MR) is 118 cm³/mol. The molecule has 1 amide bonds. The fourth-order valence-corrected chi connectivity index (χ4v) is 4.04. The number of nitrogens with zero attached hydrogens (tertiary/aromatic N) is 2. The van der Waals surface area contributed by atoms with E-state index in [0.29, 0.717) is 11.4 Å². The Labute approximate surface area is 177 Å². The minimum absolute atomic E-state index is 0.0630. The van der Waals surface area contributed by atoms with E-state index in [4.69, 9.17) is 0 Å². The van der Waals surface area contributed by atoms with Gasteiger partial charge in [-0.05, 0) is 61.5 Å². The minimum Gasteiger partial charge on any atom is -0.352 e. The number of hydrogen-bond donors (Lipinski definition) is 2. The summed E-state index contributed by atoms with van der Waals surface area (Å²) in [7, 11) is 0. The summed E-state index contributed by atoms with van der Waals surface area (Å²) >= 11 is 1.34. The molecule has 0 saturated heterocycles. The van der Waals surface area contributed by atoms with Gasteiger partial charge in [0.1, 0.15) is 5.82 Å². The van der Waals surface area contributed by atoms with Crippen LogP contribution in [0, 0.1) is 5.82 Å². The van der Waals surface area contributed by atoms with E-state index in [1.807, 2.05) is 48.6 Å². The fraction of sp³-hybridized carbons (Fsp3) is 0.0870. The smallest absolute Gasteiger partial charge is 0.255 e. The van der Waals surface area contributed by atoms with Gasteiger partial charge >= 0.3 is 0 Å². The summed E-state index contributed by atoms with van der Waals surface area (Å²) in [5, 5.41) is 11.0. The van der Waals surface area contributed by atoms with Gasteiger partial charge in [0, 0.05) is 27.9 Å². The average molecular weight is 418 g/mol. The molecule has 0 atom stereocenters. The first-order valence-corrected chi connectivity index (χ1v) is 10.3. The molecule has 2 N–H and O–H groups in total. The van der Waals surface area contributed by atoms with Crippen molar-refractivity contribution in [1.82, 2.24) is 20.5 Å². The van der Waals surface area contributed by atoms with Crippen molar-refractivity contribution in [3.8, 4) is 0 Å². The molecule has 0 saturated carbocycles. The summed E-state index contributed by atoms with van der Waals surface area (Å²) in [6.07, 6.45) is 5.56. The van der Waals surface area contributed by atoms with Gasteiger partial charge in [-0.2, -0.15) is 5.10 Å². The number of carbonyl (C=O) groups excluding carboxylic acids is 1. The third-order valence-corrected chi connectivity index (χ3v) is 5.48. The van der Waals surface area contributed by atoms with Crippen LogP contribution in [0.4, 0.5) is 4.39 Å². The lowest BCUT2D eigenvalue weighted by Crippen LogP contribution is -2.24. The summed E-state index contributed by atoms with van der Waals surface area (Å²) in [6, 6.07) is 16.2. The molecule has 0 aliphatic carbocycles. The van der Waals surface area contributed by atoms with E-state index >= 15 is 0 Å². The van der Waals surface area contributed by atoms with E-state index in [1.165, 1.54) is 17.8 Å². The maximum absolute atomic E-state index is 14.3. The molecule has 7 heteroatoms. The quantitative estimate of drug-likeness (QED) is 0.453. The van der Waals surface area contributed by atoms with E-state index in [1.54, 1.807) is 25.3 Å². The van der Waals surface area contributed by atoms with E-state index < -0.39 is 11.7 Å². The Bertz CT molecular complexity index is 1220. The molecule has 0 aliphatic rings. The second kappa shape index (κ2) is 8.92. The lowest BCUT2D eigenvalue weighted by molar-refractivity contribution is 0.0948. The van der Waals surface area contributed by atoms with Crippen LogP contribution in [0.25, 0.3) is 23.1 Å². The van der Waals surface area contributed by atoms with Crippen molar-refractivity contribution < 1.29 is 9.18 Å². The Morgan fingerprint density at radius 1 is 1.17 bits per heavy atom. The van der Waals surface area contributed by atoms with Crippen molar-refractivity contribution in [1.29, 1.82) is 0 Å². The summed E-state index contributed by atoms with van der Waals surface area (Å²) in [6.45, 7) is 2.24. The Morgan fingerprint density at radius 2 is 2.07 bits per heavy atom. The second-order valence-electron chi connectivity index (χ2n) is 6.48. The van der Waals surface area contributed by atoms with Crippen molar-refractivity contribution in [2.45, 2.75) is 16.7 Å². The molecule has 2 aromatic heterocycles. The highest BCUT2D eigenvalue weighted by atomic mass is 32.2. The molecule has 150 valence electrons. The van der Waals surface area contributed by atoms with Gasteiger partial charge in [-0.15, -0.1) is 0 Å². The zero-order valence-corrected chi connectivity index (χ0v) is 17.0. The molecule has 0 aliphatic heterocycles. The summed E-state index contributed by atoms with van der Waals surface area (Å²) < 4.78 is 14.3. The van der Waals surface area contributed by atoms with Crippen molar-refractivity contribution >= 4 is 40.7 Å². The van der Waals surface area contributed by atoms with Crippen molar-refractivity contribution in [3.05, 3.63) is 83.6 Å². The van der Waals surface area contributed by atoms with Crippen LogP contribution in [0.2, 0.25) is 0 Å². The number of rotatable bonds is 6. The molecular formula is C23H19FN4OS. The van der Waals surface area contributed by atoms with Crippen LogP contribution in [-0.2, 0) is 0 Å². The number of aromatic nitrogens is 3. The highest BCUT2D eigenvalue weighted by molar-refractivity contribution is 7.99. The number of benzene rings is 2. The molecule has 0 fully saturated rings. The number of H-pyrrole nitrogens is 1. The van der Waals surface area contributed by atoms with E-state index in [9.17, 15) is 9.18 Å². The number of amides is 1. The Kier molecular flexibility index (Phi) is 5.90. The number of nitrogens with one attached hydrogen (secondary N) is 2. The van der Waals surface area contributed by atoms with Gasteiger partial charge in [0.15, 0.2) is 0 Å². The lowest BCUT2D eigenvalue weighted by atomic mass is 10.2. The van der Waals surface area contributed by atoms with Crippen molar-refractivity contribution in [3.63, 3.8) is 0 Å². The molecule has 0 radical (unpaired) electrons. The van der Waals surface area contributed by atoms with E-state index in [0.717, 1.165) is 27.2 Å². The highest BCUT2D eigenvalue weighted by Crippen LogP contribution is 2.33. The molecule has 2 heterocycles. The largest absolute Gasteiger partial charge is 0.352 e. The Balaban J connectivity index is 1.61. The van der Waals surface area contributed by atoms with Crippen LogP contribution in [0.5, 0.6) is 0 Å². The zero-order valence-electron chi connectivity index (χ0n) is 16.2. The average Bonchev–Trinajstić information content (AvgIpc) is 3.15. The van der Waals surface area contributed by atoms with Gasteiger partial charge in [-0.1, -0.05) is 23.9 Å². The zero-order chi connectivity index (χ0) is 20.9. The molecule has 2 aromatic carbocycles. The van der Waals surface area contributed by atoms with E-state index in [2.05, 4.69) is 20.5 Å². The van der Waals surface area contributed by atoms with Crippen LogP contribution in [0.15, 0.2) is 70.6 Å². The van der Waals surface area contributed by atoms with Gasteiger partial charge in [-0.3, -0.25) is 14.9 Å². The number of carbonyl (C=O) groups is 1. The normalized spacial score (nSPS) is 11.3. The van der Waals surface area contributed by atoms with E-state index in [-0.39, 0.29) is 5.56 Å². The first kappa shape index (κ1) is 19.8. The third kappa shape index (κ3) is 4.26. The predicted octanol–water partition coefficient (Wildman–Crippen LogP) is 5.17. The summed E-state index contributed by atoms with van der Waals surface area (Å²) in [5.74, 6) is -0.946. The molecule has 4 aromatic rings. The van der Waals surface area contributed by atoms with Gasteiger partial charge in [-0.25, -0.2) is 4.39 Å². The first-order chi connectivity index (χ1) is 14.7. The molecular weight excluding hydrogens is 399 g/mol. The van der Waals surface area contributed by atoms with Gasteiger partial charge in [0.2, 0.25) is 0 Å². The van der Waals surface area contributed by atoms with Crippen LogP contribution in [-0.4, -0.2) is 27.6 Å². The Morgan fingerprint density at radius 3 is 2.87 bits per heavy atom. The van der Waals surface area contributed by atoms with Crippen LogP contribution < -0.4 is 5.32 Å². The number of pyridine rings is 1. The molecule has 5 nitrogen and oxygen atoms in total. The minimum atomic E-state index is -0.532. The number of hydrogen-bond acceptors (Lipinski definition) is 4. The topological polar surface area (TPSA) is 70.7 Å². The summed E-state index contributed by atoms with van der Waals surface area (Å²) in [5.41, 5.74) is 2.58. The molecule has 4 rings (SSSR count). The van der Waals surface area contributed by atoms with Gasteiger partial charge in [0.25, 0.3) is 5.91 Å². The number of aromatic amines is 1. The van der Waals surface area contributed by atoms with Crippen molar-refractivity contribution in [2.75, 3.05) is 6.54 Å². The van der Waals surface area contributed by atoms with Crippen LogP contribution >= 0.6 is 11.8 Å². The molecule has 0 bridgehead atoms. The maximum Gasteiger partial charge on any atom is 0.255 e. The SMILES string of the molecule is CCNC(=O)c1c(F)cccc1Sc1ccc2c(/C=C/c3ccccn3)n[nH]c2c1. The molecule has 0 spiro atoms. The maximum atomic E-state index is 14.3. The lowest BCUT2D eigenvalue weighted by Gasteiger charge is -2.10. The first-order valence-electron chi connectivity index (χ1n) is 9.47. The van der Waals surface area contributed by atoms with Crippen LogP contribution in [0.3, 0.4) is 0 Å². The molecule has 30 heavy (non-hydrogen) atoms. The summed E-state index contributed by atoms with van der Waals surface area (Å²) in [4.78, 5) is 18.0. The van der Waals surface area contributed by atoms with Gasteiger partial charge in [0.05, 0.1) is 22.5 Å². The molecule has 0 unspecified atom stereocenters. The van der Waals surface area contributed by atoms with Gasteiger partial charge < -0.3 is 5.32 Å².